The van der Waals surface area contributed by atoms with Crippen LogP contribution >= 0.6 is 0 Å². The van der Waals surface area contributed by atoms with Crippen LogP contribution in [0, 0.1) is 0 Å². The van der Waals surface area contributed by atoms with Gasteiger partial charge in [0.15, 0.2) is 0 Å². The second-order valence-corrected chi connectivity index (χ2v) is 3.86. The zero-order chi connectivity index (χ0) is 10.7. The monoisotopic (exact) mass is 204 g/mol. The summed E-state index contributed by atoms with van der Waals surface area (Å²) in [5.41, 5.74) is 1.04. The third kappa shape index (κ3) is 2.18. The molecule has 1 amide bonds. The average molecular weight is 204 g/mol. The highest BCUT2D eigenvalue weighted by Gasteiger charge is 2.27. The summed E-state index contributed by atoms with van der Waals surface area (Å²) in [5.74, 6) is 0.0749. The molecule has 2 rings (SSSR count). The highest BCUT2D eigenvalue weighted by molar-refractivity contribution is 5.84. The zero-order valence-electron chi connectivity index (χ0n) is 8.86. The predicted molar refractivity (Wildman–Crippen MR) is 59.4 cm³/mol. The largest absolute Gasteiger partial charge is 0.353 e. The van der Waals surface area contributed by atoms with Crippen LogP contribution in [0.2, 0.25) is 0 Å². The minimum Gasteiger partial charge on any atom is -0.353 e. The second-order valence-electron chi connectivity index (χ2n) is 3.86. The molecule has 1 aliphatic heterocycles. The standard InChI is InChI=1S/C12H16N2O/c1-2-10-8-13-12(15)11(14-10)9-6-4-3-5-7-9/h3-7,10-11,14H,2,8H2,1H3,(H,13,15). The minimum absolute atomic E-state index is 0.0749. The number of nitrogens with one attached hydrogen (secondary N) is 2. The molecular weight excluding hydrogens is 188 g/mol. The maximum atomic E-state index is 11.7. The van der Waals surface area contributed by atoms with Gasteiger partial charge in [0.1, 0.15) is 6.04 Å². The molecule has 1 aliphatic rings. The van der Waals surface area contributed by atoms with Gasteiger partial charge in [-0.3, -0.25) is 10.1 Å². The van der Waals surface area contributed by atoms with Gasteiger partial charge in [0.25, 0.3) is 0 Å². The molecule has 0 saturated carbocycles. The maximum absolute atomic E-state index is 11.7. The Morgan fingerprint density at radius 2 is 2.07 bits per heavy atom. The van der Waals surface area contributed by atoms with Gasteiger partial charge in [-0.1, -0.05) is 37.3 Å². The Balaban J connectivity index is 2.16. The quantitative estimate of drug-likeness (QED) is 0.760. The molecule has 0 spiro atoms. The fourth-order valence-corrected chi connectivity index (χ4v) is 1.85. The van der Waals surface area contributed by atoms with Gasteiger partial charge in [0.2, 0.25) is 5.91 Å². The molecule has 2 N–H and O–H groups in total. The van der Waals surface area contributed by atoms with E-state index in [0.717, 1.165) is 18.5 Å². The summed E-state index contributed by atoms with van der Waals surface area (Å²) in [6.45, 7) is 2.86. The Morgan fingerprint density at radius 3 is 2.73 bits per heavy atom. The molecule has 1 aromatic carbocycles. The molecule has 1 aromatic rings. The Kier molecular flexibility index (Phi) is 3.02. The van der Waals surface area contributed by atoms with Gasteiger partial charge < -0.3 is 5.32 Å². The molecule has 0 radical (unpaired) electrons. The normalized spacial score (nSPS) is 26.1. The van der Waals surface area contributed by atoms with E-state index in [1.165, 1.54) is 0 Å². The maximum Gasteiger partial charge on any atom is 0.241 e. The van der Waals surface area contributed by atoms with Crippen molar-refractivity contribution >= 4 is 5.91 Å². The fraction of sp³-hybridized carbons (Fsp3) is 0.417. The van der Waals surface area contributed by atoms with Crippen molar-refractivity contribution in [2.24, 2.45) is 0 Å². The van der Waals surface area contributed by atoms with Gasteiger partial charge in [-0.15, -0.1) is 0 Å². The summed E-state index contributed by atoms with van der Waals surface area (Å²) in [7, 11) is 0. The number of piperazine rings is 1. The fourth-order valence-electron chi connectivity index (χ4n) is 1.85. The molecule has 3 nitrogen and oxygen atoms in total. The van der Waals surface area contributed by atoms with Crippen molar-refractivity contribution in [2.45, 2.75) is 25.4 Å². The van der Waals surface area contributed by atoms with E-state index in [1.54, 1.807) is 0 Å². The third-order valence-electron chi connectivity index (χ3n) is 2.81. The van der Waals surface area contributed by atoms with Crippen LogP contribution < -0.4 is 10.6 Å². The molecule has 80 valence electrons. The van der Waals surface area contributed by atoms with E-state index in [9.17, 15) is 4.79 Å². The van der Waals surface area contributed by atoms with Gasteiger partial charge in [0.05, 0.1) is 0 Å². The lowest BCUT2D eigenvalue weighted by Gasteiger charge is -2.30. The lowest BCUT2D eigenvalue weighted by Crippen LogP contribution is -2.53. The van der Waals surface area contributed by atoms with Crippen LogP contribution in [0.3, 0.4) is 0 Å². The van der Waals surface area contributed by atoms with Crippen molar-refractivity contribution < 1.29 is 4.79 Å². The number of carbonyl (C=O) groups is 1. The van der Waals surface area contributed by atoms with Gasteiger partial charge in [-0.05, 0) is 12.0 Å². The van der Waals surface area contributed by atoms with Crippen LogP contribution in [0.25, 0.3) is 0 Å². The molecule has 2 unspecified atom stereocenters. The first kappa shape index (κ1) is 10.2. The number of benzene rings is 1. The van der Waals surface area contributed by atoms with Crippen molar-refractivity contribution in [3.63, 3.8) is 0 Å². The zero-order valence-corrected chi connectivity index (χ0v) is 8.86. The Morgan fingerprint density at radius 1 is 1.33 bits per heavy atom. The summed E-state index contributed by atoms with van der Waals surface area (Å²) in [5, 5.41) is 6.29. The van der Waals surface area contributed by atoms with Crippen LogP contribution in [-0.2, 0) is 4.79 Å². The molecule has 15 heavy (non-hydrogen) atoms. The predicted octanol–water partition coefficient (Wildman–Crippen LogP) is 1.23. The van der Waals surface area contributed by atoms with Gasteiger partial charge >= 0.3 is 0 Å². The molecule has 0 aliphatic carbocycles. The summed E-state index contributed by atoms with van der Waals surface area (Å²) < 4.78 is 0. The first-order valence-electron chi connectivity index (χ1n) is 5.40. The first-order valence-corrected chi connectivity index (χ1v) is 5.40. The highest BCUT2D eigenvalue weighted by atomic mass is 16.2. The van der Waals surface area contributed by atoms with Crippen molar-refractivity contribution in [3.8, 4) is 0 Å². The second kappa shape index (κ2) is 4.45. The van der Waals surface area contributed by atoms with Crippen molar-refractivity contribution in [2.75, 3.05) is 6.54 Å². The van der Waals surface area contributed by atoms with Crippen LogP contribution in [0.15, 0.2) is 30.3 Å². The van der Waals surface area contributed by atoms with Crippen LogP contribution in [0.4, 0.5) is 0 Å². The third-order valence-corrected chi connectivity index (χ3v) is 2.81. The topological polar surface area (TPSA) is 41.1 Å². The van der Waals surface area contributed by atoms with Gasteiger partial charge in [0, 0.05) is 12.6 Å². The number of hydrogen-bond acceptors (Lipinski definition) is 2. The van der Waals surface area contributed by atoms with E-state index in [2.05, 4.69) is 17.6 Å². The van der Waals surface area contributed by atoms with Crippen molar-refractivity contribution in [1.29, 1.82) is 0 Å². The molecule has 3 heteroatoms. The molecule has 1 fully saturated rings. The lowest BCUT2D eigenvalue weighted by molar-refractivity contribution is -0.125. The van der Waals surface area contributed by atoms with E-state index in [0.29, 0.717) is 6.04 Å². The van der Waals surface area contributed by atoms with Crippen LogP contribution in [0.5, 0.6) is 0 Å². The van der Waals surface area contributed by atoms with Crippen molar-refractivity contribution in [1.82, 2.24) is 10.6 Å². The SMILES string of the molecule is CCC1CNC(=O)C(c2ccccc2)N1. The molecular formula is C12H16N2O. The van der Waals surface area contributed by atoms with Gasteiger partial charge in [-0.2, -0.15) is 0 Å². The molecule has 0 bridgehead atoms. The summed E-state index contributed by atoms with van der Waals surface area (Å²) in [6.07, 6.45) is 1.03. The average Bonchev–Trinajstić information content (AvgIpc) is 2.31. The number of carbonyl (C=O) groups excluding carboxylic acids is 1. The van der Waals surface area contributed by atoms with Crippen LogP contribution in [0.1, 0.15) is 24.9 Å². The molecule has 2 atom stereocenters. The first-order chi connectivity index (χ1) is 7.31. The Labute approximate surface area is 89.9 Å². The molecule has 0 aromatic heterocycles. The highest BCUT2D eigenvalue weighted by Crippen LogP contribution is 2.16. The summed E-state index contributed by atoms with van der Waals surface area (Å²) in [4.78, 5) is 11.7. The van der Waals surface area contributed by atoms with Gasteiger partial charge in [-0.25, -0.2) is 0 Å². The number of amides is 1. The molecule has 1 heterocycles. The number of rotatable bonds is 2. The lowest BCUT2D eigenvalue weighted by atomic mass is 10.0. The Hall–Kier alpha value is -1.35. The number of hydrogen-bond donors (Lipinski definition) is 2. The smallest absolute Gasteiger partial charge is 0.241 e. The van der Waals surface area contributed by atoms with E-state index >= 15 is 0 Å². The molecule has 1 saturated heterocycles. The van der Waals surface area contributed by atoms with E-state index in [1.807, 2.05) is 30.3 Å². The summed E-state index contributed by atoms with van der Waals surface area (Å²) in [6, 6.07) is 10.0. The van der Waals surface area contributed by atoms with E-state index in [4.69, 9.17) is 0 Å². The Bertz CT molecular complexity index is 337. The van der Waals surface area contributed by atoms with Crippen molar-refractivity contribution in [3.05, 3.63) is 35.9 Å². The van der Waals surface area contributed by atoms with Crippen LogP contribution in [-0.4, -0.2) is 18.5 Å². The van der Waals surface area contributed by atoms with E-state index < -0.39 is 0 Å². The summed E-state index contributed by atoms with van der Waals surface area (Å²) >= 11 is 0. The van der Waals surface area contributed by atoms with E-state index in [-0.39, 0.29) is 11.9 Å². The minimum atomic E-state index is -0.190.